The Morgan fingerprint density at radius 1 is 0.534 bits per heavy atom. The molecule has 11 fully saturated rings. The largest absolute Gasteiger partial charge is 0.0996 e. The van der Waals surface area contributed by atoms with E-state index in [1.165, 1.54) is 173 Å². The minimum absolute atomic E-state index is 0.515. The first-order valence-electron chi connectivity index (χ1n) is 32.0. The zero-order valence-electron chi connectivity index (χ0n) is 50.6. The van der Waals surface area contributed by atoms with Gasteiger partial charge in [0.25, 0.3) is 0 Å². The summed E-state index contributed by atoms with van der Waals surface area (Å²) in [6, 6.07) is 0. The highest BCUT2D eigenvalue weighted by Gasteiger charge is 2.68. The zero-order valence-corrected chi connectivity index (χ0v) is 50.6. The van der Waals surface area contributed by atoms with Gasteiger partial charge in [0.2, 0.25) is 0 Å². The molecule has 408 valence electrons. The van der Waals surface area contributed by atoms with Crippen LogP contribution in [0.2, 0.25) is 0 Å². The third kappa shape index (κ3) is 9.72. The van der Waals surface area contributed by atoms with Crippen LogP contribution in [0.15, 0.2) is 84.1 Å². The quantitative estimate of drug-likeness (QED) is 0.230. The Hall–Kier alpha value is -1.82. The van der Waals surface area contributed by atoms with Crippen LogP contribution in [0.25, 0.3) is 0 Å². The second kappa shape index (κ2) is 20.4. The molecule has 0 aliphatic heterocycles. The van der Waals surface area contributed by atoms with E-state index in [-0.39, 0.29) is 0 Å². The van der Waals surface area contributed by atoms with Crippen molar-refractivity contribution in [1.82, 2.24) is 0 Å². The van der Waals surface area contributed by atoms with E-state index >= 15 is 0 Å². The zero-order chi connectivity index (χ0) is 52.8. The van der Waals surface area contributed by atoms with Crippen molar-refractivity contribution in [1.29, 1.82) is 0 Å². The molecule has 0 aromatic carbocycles. The van der Waals surface area contributed by atoms with Crippen LogP contribution in [0.4, 0.5) is 0 Å². The van der Waals surface area contributed by atoms with Crippen molar-refractivity contribution in [3.8, 4) is 0 Å². The summed E-state index contributed by atoms with van der Waals surface area (Å²) >= 11 is 0. The number of hydrogen-bond acceptors (Lipinski definition) is 0. The van der Waals surface area contributed by atoms with Crippen LogP contribution < -0.4 is 0 Å². The molecule has 13 rings (SSSR count). The molecule has 0 saturated heterocycles. The predicted octanol–water partition coefficient (Wildman–Crippen LogP) is 22.1. The van der Waals surface area contributed by atoms with Crippen LogP contribution in [-0.2, 0) is 0 Å². The topological polar surface area (TPSA) is 0 Å². The third-order valence-electron chi connectivity index (χ3n) is 26.8. The van der Waals surface area contributed by atoms with Crippen LogP contribution in [0.1, 0.15) is 257 Å². The summed E-state index contributed by atoms with van der Waals surface area (Å²) in [5.41, 5.74) is 15.1. The number of fused-ring (bicyclic) bond motifs is 5. The lowest BCUT2D eigenvalue weighted by Crippen LogP contribution is -2.44. The first-order valence-corrected chi connectivity index (χ1v) is 32.0. The highest BCUT2D eigenvalue weighted by molar-refractivity contribution is 5.33. The summed E-state index contributed by atoms with van der Waals surface area (Å²) in [6.45, 7) is 53.6. The molecular weight excluding hydrogens is 877 g/mol. The van der Waals surface area contributed by atoms with Gasteiger partial charge in [-0.2, -0.15) is 0 Å². The van der Waals surface area contributed by atoms with Gasteiger partial charge in [-0.05, 0) is 283 Å². The van der Waals surface area contributed by atoms with Gasteiger partial charge in [-0.15, -0.1) is 0 Å². The summed E-state index contributed by atoms with van der Waals surface area (Å²) in [5, 5.41) is 0. The van der Waals surface area contributed by atoms with E-state index in [1.807, 2.05) is 0 Å². The maximum atomic E-state index is 4.46. The highest BCUT2D eigenvalue weighted by atomic mass is 14.7. The van der Waals surface area contributed by atoms with Gasteiger partial charge >= 0.3 is 0 Å². The summed E-state index contributed by atoms with van der Waals surface area (Å²) in [4.78, 5) is 0. The van der Waals surface area contributed by atoms with E-state index in [0.717, 1.165) is 76.9 Å². The summed E-state index contributed by atoms with van der Waals surface area (Å²) in [6.07, 6.45) is 40.9. The maximum Gasteiger partial charge on any atom is -0.00532 e. The first-order chi connectivity index (χ1) is 34.2. The van der Waals surface area contributed by atoms with Gasteiger partial charge in [-0.25, -0.2) is 0 Å². The van der Waals surface area contributed by atoms with Crippen molar-refractivity contribution in [3.05, 3.63) is 84.1 Å². The molecule has 0 radical (unpaired) electrons. The van der Waals surface area contributed by atoms with E-state index in [1.54, 1.807) is 33.4 Å². The molecule has 0 amide bonds. The molecule has 13 aliphatic carbocycles. The molecule has 73 heavy (non-hydrogen) atoms. The monoisotopic (exact) mass is 993 g/mol. The second-order valence-electron chi connectivity index (χ2n) is 31.9. The normalized spacial score (nSPS) is 46.4. The molecule has 16 atom stereocenters. The Bertz CT molecular complexity index is 2170. The van der Waals surface area contributed by atoms with E-state index < -0.39 is 0 Å². The van der Waals surface area contributed by atoms with Gasteiger partial charge in [0.1, 0.15) is 0 Å². The number of hydrogen-bond donors (Lipinski definition) is 0. The average Bonchev–Trinajstić information content (AvgIpc) is 4.01. The fourth-order valence-electron chi connectivity index (χ4n) is 21.9. The standard InChI is InChI=1S/4C15H24.C13H20/c1-10(2)13-6-7-14(4)11(3)12-5-8-15(13,14)9-12;1-10-11-6-7-12-13(11)14(2,3)8-5-9-15(10,12)4;1-9-6-8-12-14(15(12,3)4)13-10(2)5-7-11(9)13;1-11-6-5-7-12(2)13-10-15(3,4)14(13)9-8-11;1-11-6-9-13(10-7-11)8-4-3-5-12(13)2/h10,12-13H,3,5-9H2,1-2,4H3;11-13H,1,5-9H2,2-4H3;10-14H,1,5-8H2,2-4H3;6,13-14H,2,5,7-10H2,1,3-4H3;6H,2-5,7-10H2,1H3/b;;;11-6+;/t12?,13-,14+,15?;11?,12?,13?,15-;;13-,14-;13-/m00.11/s1. The average molecular weight is 994 g/mol. The van der Waals surface area contributed by atoms with Crippen molar-refractivity contribution in [2.75, 3.05) is 0 Å². The first kappa shape index (κ1) is 55.9. The van der Waals surface area contributed by atoms with Crippen LogP contribution in [-0.4, -0.2) is 0 Å². The molecule has 0 aromatic rings. The Balaban J connectivity index is 0.000000112. The predicted molar refractivity (Wildman–Crippen MR) is 318 cm³/mol. The Labute approximate surface area is 453 Å². The lowest BCUT2D eigenvalue weighted by atomic mass is 9.52. The third-order valence-corrected chi connectivity index (χ3v) is 26.8. The van der Waals surface area contributed by atoms with Gasteiger partial charge < -0.3 is 0 Å². The summed E-state index contributed by atoms with van der Waals surface area (Å²) in [7, 11) is 0. The molecule has 11 saturated carbocycles. The molecule has 0 nitrogen and oxygen atoms in total. The Kier molecular flexibility index (Phi) is 15.7. The molecule has 0 heterocycles. The van der Waals surface area contributed by atoms with Crippen molar-refractivity contribution < 1.29 is 0 Å². The molecular formula is C73H116. The Morgan fingerprint density at radius 2 is 1.23 bits per heavy atom. The van der Waals surface area contributed by atoms with Gasteiger partial charge in [-0.1, -0.05) is 173 Å². The van der Waals surface area contributed by atoms with Gasteiger partial charge in [0.05, 0.1) is 0 Å². The fourth-order valence-corrected chi connectivity index (χ4v) is 21.9. The maximum absolute atomic E-state index is 4.46. The lowest BCUT2D eigenvalue weighted by Gasteiger charge is -2.53. The Morgan fingerprint density at radius 3 is 1.92 bits per heavy atom. The number of rotatable bonds is 1. The highest BCUT2D eigenvalue weighted by Crippen LogP contribution is 2.76. The van der Waals surface area contributed by atoms with Crippen molar-refractivity contribution in [2.24, 2.45) is 115 Å². The van der Waals surface area contributed by atoms with Crippen molar-refractivity contribution >= 4 is 0 Å². The van der Waals surface area contributed by atoms with Crippen LogP contribution >= 0.6 is 0 Å². The van der Waals surface area contributed by atoms with Crippen LogP contribution in [0.3, 0.4) is 0 Å². The van der Waals surface area contributed by atoms with Crippen LogP contribution in [0.5, 0.6) is 0 Å². The molecule has 0 heteroatoms. The molecule has 10 unspecified atom stereocenters. The smallest absolute Gasteiger partial charge is 0.00532 e. The SMILES string of the molecule is C=C1C2CCC3(C2)[C@H](C(C)C)CC[C@]13C.C=C1C2CCC3C2C(C)(C)CCC[C@@]13C.C=C1CC/C=C(\C)CC[C@@H]2[C@@H]1CC2(C)C.C=C1CCC2C(C3C(C)CCC13)C2(C)C.C=C1CCCC[C@]12CC=C(C)CC2. The fraction of sp³-hybridized carbons (Fsp3) is 0.808. The van der Waals surface area contributed by atoms with E-state index in [0.29, 0.717) is 37.9 Å². The molecule has 0 N–H and O–H groups in total. The van der Waals surface area contributed by atoms with Gasteiger partial charge in [0.15, 0.2) is 0 Å². The minimum Gasteiger partial charge on any atom is -0.0996 e. The van der Waals surface area contributed by atoms with Crippen molar-refractivity contribution in [3.63, 3.8) is 0 Å². The lowest BCUT2D eigenvalue weighted by molar-refractivity contribution is 0.00384. The second-order valence-corrected chi connectivity index (χ2v) is 31.9. The minimum atomic E-state index is 0.515. The van der Waals surface area contributed by atoms with Crippen molar-refractivity contribution in [2.45, 2.75) is 257 Å². The van der Waals surface area contributed by atoms with Crippen LogP contribution in [0, 0.1) is 115 Å². The molecule has 2 spiro atoms. The number of allylic oxidation sites excluding steroid dienone is 9. The van der Waals surface area contributed by atoms with E-state index in [9.17, 15) is 0 Å². The van der Waals surface area contributed by atoms with E-state index in [4.69, 9.17) is 0 Å². The molecule has 6 bridgehead atoms. The van der Waals surface area contributed by atoms with Gasteiger partial charge in [-0.3, -0.25) is 0 Å². The summed E-state index contributed by atoms with van der Waals surface area (Å²) < 4.78 is 0. The molecule has 13 aliphatic rings. The molecule has 0 aromatic heterocycles. The van der Waals surface area contributed by atoms with Gasteiger partial charge in [0, 0.05) is 0 Å². The van der Waals surface area contributed by atoms with E-state index in [2.05, 4.69) is 135 Å². The summed E-state index contributed by atoms with van der Waals surface area (Å²) in [5.74, 6) is 12.1.